The average Bonchev–Trinajstić information content (AvgIpc) is 2.80. The van der Waals surface area contributed by atoms with Crippen LogP contribution in [0.2, 0.25) is 0 Å². The maximum Gasteiger partial charge on any atom is 0.238 e. The van der Waals surface area contributed by atoms with Gasteiger partial charge in [-0.2, -0.15) is 0 Å². The molecule has 1 aliphatic heterocycles. The first kappa shape index (κ1) is 14.8. The Morgan fingerprint density at radius 2 is 2.30 bits per heavy atom. The molecule has 3 N–H and O–H groups in total. The van der Waals surface area contributed by atoms with Gasteiger partial charge in [0.05, 0.1) is 11.5 Å². The first-order chi connectivity index (χ1) is 9.43. The quantitative estimate of drug-likeness (QED) is 0.718. The van der Waals surface area contributed by atoms with E-state index in [2.05, 4.69) is 5.32 Å². The van der Waals surface area contributed by atoms with Gasteiger partial charge in [-0.25, -0.2) is 13.6 Å². The van der Waals surface area contributed by atoms with E-state index < -0.39 is 15.9 Å². The van der Waals surface area contributed by atoms with Gasteiger partial charge in [-0.15, -0.1) is 0 Å². The predicted octanol–water partition coefficient (Wildman–Crippen LogP) is -0.427. The van der Waals surface area contributed by atoms with E-state index in [0.717, 1.165) is 0 Å². The molecule has 1 atom stereocenters. The smallest absolute Gasteiger partial charge is 0.238 e. The Kier molecular flexibility index (Phi) is 4.26. The summed E-state index contributed by atoms with van der Waals surface area (Å²) in [6, 6.07) is 4.26. The molecule has 0 bridgehead atoms. The topological polar surface area (TPSA) is 108 Å². The maximum absolute atomic E-state index is 12.0. The van der Waals surface area contributed by atoms with Crippen molar-refractivity contribution in [1.82, 2.24) is 5.32 Å². The summed E-state index contributed by atoms with van der Waals surface area (Å²) >= 11 is 0. The number of carbonyl (C=O) groups excluding carboxylic acids is 1. The number of methoxy groups -OCH3 is 1. The fourth-order valence-electron chi connectivity index (χ4n) is 1.99. The molecule has 20 heavy (non-hydrogen) atoms. The summed E-state index contributed by atoms with van der Waals surface area (Å²) in [6.07, 6.45) is 0. The Hall–Kier alpha value is -1.64. The molecule has 0 saturated carbocycles. The van der Waals surface area contributed by atoms with Crippen LogP contribution < -0.4 is 15.2 Å². The third-order valence-electron chi connectivity index (χ3n) is 3.01. The van der Waals surface area contributed by atoms with Crippen LogP contribution in [0.3, 0.4) is 0 Å². The molecule has 1 heterocycles. The molecule has 8 heteroatoms. The number of fused-ring (bicyclic) bond motifs is 1. The van der Waals surface area contributed by atoms with Crippen LogP contribution >= 0.6 is 0 Å². The Bertz CT molecular complexity index is 614. The van der Waals surface area contributed by atoms with Gasteiger partial charge in [0.1, 0.15) is 18.3 Å². The third-order valence-corrected chi connectivity index (χ3v) is 3.92. The van der Waals surface area contributed by atoms with E-state index in [0.29, 0.717) is 24.5 Å². The normalized spacial score (nSPS) is 17.4. The number of benzene rings is 1. The minimum atomic E-state index is -3.80. The molecule has 0 saturated heterocycles. The molecule has 1 unspecified atom stereocenters. The first-order valence-corrected chi connectivity index (χ1v) is 7.54. The Labute approximate surface area is 117 Å². The van der Waals surface area contributed by atoms with Crippen molar-refractivity contribution in [2.45, 2.75) is 10.8 Å². The van der Waals surface area contributed by atoms with Crippen molar-refractivity contribution in [1.29, 1.82) is 0 Å². The van der Waals surface area contributed by atoms with E-state index in [1.54, 1.807) is 7.11 Å². The number of rotatable bonds is 5. The van der Waals surface area contributed by atoms with Gasteiger partial charge in [0.15, 0.2) is 0 Å². The summed E-state index contributed by atoms with van der Waals surface area (Å²) in [4.78, 5) is 12.0. The van der Waals surface area contributed by atoms with Crippen molar-refractivity contribution in [2.75, 3.05) is 26.9 Å². The second-order valence-electron chi connectivity index (χ2n) is 4.39. The number of amides is 1. The number of ether oxygens (including phenoxy) is 2. The lowest BCUT2D eigenvalue weighted by Crippen LogP contribution is -2.32. The van der Waals surface area contributed by atoms with Gasteiger partial charge in [0.25, 0.3) is 0 Å². The predicted molar refractivity (Wildman–Crippen MR) is 70.9 cm³/mol. The fraction of sp³-hybridized carbons (Fsp3) is 0.417. The zero-order valence-corrected chi connectivity index (χ0v) is 11.8. The van der Waals surface area contributed by atoms with E-state index in [4.69, 9.17) is 14.6 Å². The van der Waals surface area contributed by atoms with Gasteiger partial charge in [0, 0.05) is 19.2 Å². The zero-order chi connectivity index (χ0) is 14.8. The minimum Gasteiger partial charge on any atom is -0.492 e. The highest BCUT2D eigenvalue weighted by Crippen LogP contribution is 2.35. The molecule has 0 aliphatic carbocycles. The molecule has 1 aromatic carbocycles. The van der Waals surface area contributed by atoms with Crippen LogP contribution in [-0.2, 0) is 19.6 Å². The van der Waals surface area contributed by atoms with Crippen LogP contribution in [0.4, 0.5) is 0 Å². The SMILES string of the molecule is COCCNC(=O)C1COc2ccc(S(N)(=O)=O)cc21. The van der Waals surface area contributed by atoms with Crippen LogP contribution in [0.5, 0.6) is 5.75 Å². The summed E-state index contributed by atoms with van der Waals surface area (Å²) in [5.41, 5.74) is 0.534. The number of hydrogen-bond acceptors (Lipinski definition) is 5. The summed E-state index contributed by atoms with van der Waals surface area (Å²) in [5.74, 6) is -0.264. The van der Waals surface area contributed by atoms with Crippen molar-refractivity contribution >= 4 is 15.9 Å². The monoisotopic (exact) mass is 300 g/mol. The molecular formula is C12H16N2O5S. The molecule has 1 aromatic rings. The van der Waals surface area contributed by atoms with E-state index in [1.807, 2.05) is 0 Å². The number of nitrogens with two attached hydrogens (primary N) is 1. The average molecular weight is 300 g/mol. The van der Waals surface area contributed by atoms with Gasteiger partial charge >= 0.3 is 0 Å². The number of hydrogen-bond donors (Lipinski definition) is 2. The number of primary sulfonamides is 1. The van der Waals surface area contributed by atoms with Crippen molar-refractivity contribution in [3.05, 3.63) is 23.8 Å². The molecule has 0 aromatic heterocycles. The lowest BCUT2D eigenvalue weighted by molar-refractivity contribution is -0.122. The van der Waals surface area contributed by atoms with E-state index in [1.165, 1.54) is 18.2 Å². The fourth-order valence-corrected chi connectivity index (χ4v) is 2.54. The maximum atomic E-state index is 12.0. The number of sulfonamides is 1. The molecule has 2 rings (SSSR count). The molecule has 0 spiro atoms. The van der Waals surface area contributed by atoms with Crippen molar-refractivity contribution in [3.8, 4) is 5.75 Å². The molecule has 1 aliphatic rings. The van der Waals surface area contributed by atoms with Gasteiger partial charge in [-0.05, 0) is 18.2 Å². The van der Waals surface area contributed by atoms with Gasteiger partial charge in [-0.3, -0.25) is 4.79 Å². The molecule has 0 fully saturated rings. The Balaban J connectivity index is 2.20. The van der Waals surface area contributed by atoms with Crippen molar-refractivity contribution in [3.63, 3.8) is 0 Å². The van der Waals surface area contributed by atoms with Crippen LogP contribution in [0.15, 0.2) is 23.1 Å². The third kappa shape index (κ3) is 3.09. The number of carbonyl (C=O) groups is 1. The van der Waals surface area contributed by atoms with Crippen molar-refractivity contribution in [2.24, 2.45) is 5.14 Å². The molecule has 110 valence electrons. The van der Waals surface area contributed by atoms with Gasteiger partial charge in [-0.1, -0.05) is 0 Å². The summed E-state index contributed by atoms with van der Waals surface area (Å²) in [7, 11) is -2.26. The van der Waals surface area contributed by atoms with Crippen molar-refractivity contribution < 1.29 is 22.7 Å². The van der Waals surface area contributed by atoms with E-state index in [-0.39, 0.29) is 17.4 Å². The molecule has 1 amide bonds. The largest absolute Gasteiger partial charge is 0.492 e. The summed E-state index contributed by atoms with van der Waals surface area (Å²) in [5, 5.41) is 7.78. The van der Waals surface area contributed by atoms with Crippen LogP contribution in [-0.4, -0.2) is 41.2 Å². The molecule has 0 radical (unpaired) electrons. The zero-order valence-electron chi connectivity index (χ0n) is 11.0. The molecular weight excluding hydrogens is 284 g/mol. The number of nitrogens with one attached hydrogen (secondary N) is 1. The second-order valence-corrected chi connectivity index (χ2v) is 5.95. The highest BCUT2D eigenvalue weighted by Gasteiger charge is 2.31. The van der Waals surface area contributed by atoms with Gasteiger partial charge < -0.3 is 14.8 Å². The minimum absolute atomic E-state index is 0.0311. The Morgan fingerprint density at radius 3 is 2.95 bits per heavy atom. The highest BCUT2D eigenvalue weighted by atomic mass is 32.2. The first-order valence-electron chi connectivity index (χ1n) is 5.99. The lowest BCUT2D eigenvalue weighted by atomic mass is 10.0. The van der Waals surface area contributed by atoms with Crippen LogP contribution in [0.25, 0.3) is 0 Å². The van der Waals surface area contributed by atoms with E-state index in [9.17, 15) is 13.2 Å². The Morgan fingerprint density at radius 1 is 1.55 bits per heavy atom. The second kappa shape index (κ2) is 5.78. The molecule has 7 nitrogen and oxygen atoms in total. The lowest BCUT2D eigenvalue weighted by Gasteiger charge is -2.10. The van der Waals surface area contributed by atoms with Gasteiger partial charge in [0.2, 0.25) is 15.9 Å². The standard InChI is InChI=1S/C12H16N2O5S/c1-18-5-4-14-12(15)10-7-19-11-3-2-8(6-9(10)11)20(13,16)17/h2-3,6,10H,4-5,7H2,1H3,(H,14,15)(H2,13,16,17). The highest BCUT2D eigenvalue weighted by molar-refractivity contribution is 7.89. The van der Waals surface area contributed by atoms with Crippen LogP contribution in [0, 0.1) is 0 Å². The van der Waals surface area contributed by atoms with E-state index >= 15 is 0 Å². The summed E-state index contributed by atoms with van der Waals surface area (Å²) < 4.78 is 32.9. The van der Waals surface area contributed by atoms with Crippen LogP contribution in [0.1, 0.15) is 11.5 Å². The summed E-state index contributed by atoms with van der Waals surface area (Å²) in [6.45, 7) is 0.974.